The molecule has 2 aliphatic heterocycles. The number of unbranched alkanes of at least 4 members (excludes halogenated alkanes) is 5. The normalized spacial score (nSPS) is 23.0. The van der Waals surface area contributed by atoms with Gasteiger partial charge in [0.2, 0.25) is 0 Å². The van der Waals surface area contributed by atoms with Gasteiger partial charge in [0.05, 0.1) is 59.5 Å². The van der Waals surface area contributed by atoms with Crippen molar-refractivity contribution in [2.45, 2.75) is 153 Å². The maximum absolute atomic E-state index is 7.20. The Hall–Kier alpha value is -5.90. The Balaban J connectivity index is 1.06. The number of hydrogen-bond acceptors (Lipinski definition) is 11. The fourth-order valence-corrected chi connectivity index (χ4v) is 10.2. The first kappa shape index (κ1) is 58.7. The highest BCUT2D eigenvalue weighted by atomic mass is 16.8. The van der Waals surface area contributed by atoms with Crippen molar-refractivity contribution < 1.29 is 52.1 Å². The average Bonchev–Trinajstić information content (AvgIpc) is 3.52. The third-order valence-electron chi connectivity index (χ3n) is 14.5. The molecule has 11 nitrogen and oxygen atoms in total. The summed E-state index contributed by atoms with van der Waals surface area (Å²) in [5, 5.41) is 0. The molecule has 0 radical (unpaired) electrons. The molecule has 0 saturated carbocycles. The summed E-state index contributed by atoms with van der Waals surface area (Å²) in [6, 6.07) is 71.0. The van der Waals surface area contributed by atoms with E-state index in [0.29, 0.717) is 33.0 Å². The van der Waals surface area contributed by atoms with Crippen LogP contribution < -0.4 is 0 Å². The Morgan fingerprint density at radius 3 is 0.925 bits per heavy atom. The number of hydrogen-bond donors (Lipinski definition) is 0. The van der Waals surface area contributed by atoms with Crippen LogP contribution in [0.4, 0.5) is 0 Å². The van der Waals surface area contributed by atoms with Crippen molar-refractivity contribution in [2.24, 2.45) is 0 Å². The van der Waals surface area contributed by atoms with Crippen molar-refractivity contribution in [3.63, 3.8) is 0 Å². The molecule has 0 spiro atoms. The second-order valence-electron chi connectivity index (χ2n) is 20.6. The molecule has 2 aliphatic rings. The summed E-state index contributed by atoms with van der Waals surface area (Å²) in [6.07, 6.45) is -0.782. The van der Waals surface area contributed by atoms with E-state index in [9.17, 15) is 0 Å². The van der Waals surface area contributed by atoms with E-state index < -0.39 is 61.4 Å². The van der Waals surface area contributed by atoms with Gasteiger partial charge in [-0.25, -0.2) is 0 Å². The number of ether oxygens (including phenoxy) is 11. The highest BCUT2D eigenvalue weighted by Crippen LogP contribution is 2.35. The smallest absolute Gasteiger partial charge is 0.187 e. The Morgan fingerprint density at radius 2 is 0.562 bits per heavy atom. The third kappa shape index (κ3) is 18.6. The minimum atomic E-state index is -1.00. The summed E-state index contributed by atoms with van der Waals surface area (Å²) in [5.74, 6) is 0. The van der Waals surface area contributed by atoms with Crippen LogP contribution >= 0.6 is 0 Å². The zero-order chi connectivity index (χ0) is 54.7. The van der Waals surface area contributed by atoms with Gasteiger partial charge in [-0.2, -0.15) is 0 Å². The molecular weight excluding hydrogens is 1000 g/mol. The SMILES string of the molecule is CCCCCCCCO[C@H]1O[C@H](CO[C@H]2O[C@H](COCc3ccccc3)[C@@H](OCc3ccccc3)[C@H](OCc3ccccc3)[C@@H]2OCc2ccccc2)[C@@H](OCc2ccccc2)[C@H](OCc2ccccc2)[C@@H]1OCc1ccccc1. The Bertz CT molecular complexity index is 2690. The summed E-state index contributed by atoms with van der Waals surface area (Å²) in [7, 11) is 0. The summed E-state index contributed by atoms with van der Waals surface area (Å²) < 4.78 is 77.2. The second-order valence-corrected chi connectivity index (χ2v) is 20.6. The molecule has 0 bridgehead atoms. The van der Waals surface area contributed by atoms with Gasteiger partial charge in [0.25, 0.3) is 0 Å². The molecule has 7 aromatic rings. The highest BCUT2D eigenvalue weighted by Gasteiger charge is 2.52. The van der Waals surface area contributed by atoms with Crippen LogP contribution in [0.25, 0.3) is 0 Å². The van der Waals surface area contributed by atoms with Crippen LogP contribution in [0.5, 0.6) is 0 Å². The van der Waals surface area contributed by atoms with E-state index in [0.717, 1.165) is 58.2 Å². The lowest BCUT2D eigenvalue weighted by atomic mass is 9.96. The van der Waals surface area contributed by atoms with Crippen molar-refractivity contribution in [3.05, 3.63) is 251 Å². The van der Waals surface area contributed by atoms with Crippen molar-refractivity contribution in [1.82, 2.24) is 0 Å². The van der Waals surface area contributed by atoms with Crippen molar-refractivity contribution in [1.29, 1.82) is 0 Å². The highest BCUT2D eigenvalue weighted by molar-refractivity contribution is 5.19. The molecule has 0 amide bonds. The van der Waals surface area contributed by atoms with Crippen LogP contribution in [0.15, 0.2) is 212 Å². The molecule has 9 rings (SSSR count). The van der Waals surface area contributed by atoms with Gasteiger partial charge in [0.1, 0.15) is 48.8 Å². The molecule has 2 fully saturated rings. The Labute approximate surface area is 474 Å². The van der Waals surface area contributed by atoms with E-state index in [1.54, 1.807) is 0 Å². The summed E-state index contributed by atoms with van der Waals surface area (Å²) in [6.45, 7) is 5.01. The van der Waals surface area contributed by atoms with Gasteiger partial charge in [-0.1, -0.05) is 251 Å². The van der Waals surface area contributed by atoms with Crippen molar-refractivity contribution in [2.75, 3.05) is 19.8 Å². The monoisotopic (exact) mass is 1080 g/mol. The van der Waals surface area contributed by atoms with Gasteiger partial charge in [-0.15, -0.1) is 0 Å². The van der Waals surface area contributed by atoms with Crippen LogP contribution in [0.1, 0.15) is 84.4 Å². The molecule has 2 heterocycles. The van der Waals surface area contributed by atoms with Crippen LogP contribution in [-0.4, -0.2) is 81.2 Å². The zero-order valence-corrected chi connectivity index (χ0v) is 46.3. The van der Waals surface area contributed by atoms with Gasteiger partial charge >= 0.3 is 0 Å². The predicted molar refractivity (Wildman–Crippen MR) is 309 cm³/mol. The van der Waals surface area contributed by atoms with Crippen LogP contribution in [0.3, 0.4) is 0 Å². The fraction of sp³-hybridized carbons (Fsp3) is 0.391. The van der Waals surface area contributed by atoms with E-state index in [2.05, 4.69) is 79.7 Å². The molecule has 0 N–H and O–H groups in total. The molecule has 2 saturated heterocycles. The molecule has 422 valence electrons. The lowest BCUT2D eigenvalue weighted by molar-refractivity contribution is -0.353. The quantitative estimate of drug-likeness (QED) is 0.0368. The van der Waals surface area contributed by atoms with Crippen molar-refractivity contribution >= 4 is 0 Å². The Morgan fingerprint density at radius 1 is 0.275 bits per heavy atom. The molecule has 0 unspecified atom stereocenters. The summed E-state index contributed by atoms with van der Waals surface area (Å²) in [5.41, 5.74) is 7.07. The third-order valence-corrected chi connectivity index (χ3v) is 14.5. The van der Waals surface area contributed by atoms with Gasteiger partial charge in [-0.3, -0.25) is 0 Å². The first-order valence-electron chi connectivity index (χ1n) is 28.8. The second kappa shape index (κ2) is 33.1. The zero-order valence-electron chi connectivity index (χ0n) is 46.3. The minimum absolute atomic E-state index is 0.00133. The molecule has 0 aromatic heterocycles. The van der Waals surface area contributed by atoms with Gasteiger partial charge in [0, 0.05) is 6.61 Å². The van der Waals surface area contributed by atoms with E-state index in [1.165, 1.54) is 19.3 Å². The average molecular weight is 1090 g/mol. The van der Waals surface area contributed by atoms with Gasteiger partial charge < -0.3 is 52.1 Å². The van der Waals surface area contributed by atoms with Crippen molar-refractivity contribution in [3.8, 4) is 0 Å². The first-order chi connectivity index (χ1) is 39.7. The predicted octanol–water partition coefficient (Wildman–Crippen LogP) is 13.6. The minimum Gasteiger partial charge on any atom is -0.374 e. The van der Waals surface area contributed by atoms with Crippen LogP contribution in [0.2, 0.25) is 0 Å². The van der Waals surface area contributed by atoms with Crippen LogP contribution in [0, 0.1) is 0 Å². The lowest BCUT2D eigenvalue weighted by Gasteiger charge is -2.48. The van der Waals surface area contributed by atoms with Gasteiger partial charge in [0.15, 0.2) is 12.6 Å². The standard InChI is InChI=1S/C69H80O11/c1-2-3-4-5-6-28-43-71-68-66(76-49-58-39-24-12-25-40-58)65(75-48-57-37-22-11-23-38-57)63(73-46-55-33-18-9-19-34-55)61(80-68)52-78-69-67(77-50-59-41-26-13-27-42-59)64(74-47-56-35-20-10-21-36-56)62(72-45-54-31-16-8-17-32-54)60(79-69)51-70-44-53-29-14-7-15-30-53/h7-27,29-42,60-69H,2-6,28,43-52H2,1H3/t60-,61-,62-,63-,64+,65+,66+,67+,68+,69+/m1/s1. The summed E-state index contributed by atoms with van der Waals surface area (Å²) >= 11 is 0. The summed E-state index contributed by atoms with van der Waals surface area (Å²) in [4.78, 5) is 0. The van der Waals surface area contributed by atoms with E-state index in [-0.39, 0.29) is 33.0 Å². The lowest BCUT2D eigenvalue weighted by Crippen LogP contribution is -2.64. The molecular formula is C69H80O11. The topological polar surface area (TPSA) is 102 Å². The van der Waals surface area contributed by atoms with E-state index in [4.69, 9.17) is 52.1 Å². The molecule has 10 atom stereocenters. The van der Waals surface area contributed by atoms with E-state index >= 15 is 0 Å². The largest absolute Gasteiger partial charge is 0.374 e. The maximum atomic E-state index is 7.20. The maximum Gasteiger partial charge on any atom is 0.187 e. The number of benzene rings is 7. The molecule has 7 aromatic carbocycles. The Kier molecular flexibility index (Phi) is 24.3. The van der Waals surface area contributed by atoms with E-state index in [1.807, 2.05) is 140 Å². The molecule has 11 heteroatoms. The molecule has 80 heavy (non-hydrogen) atoms. The number of rotatable bonds is 33. The van der Waals surface area contributed by atoms with Gasteiger partial charge in [-0.05, 0) is 45.4 Å². The fourth-order valence-electron chi connectivity index (χ4n) is 10.2. The first-order valence-corrected chi connectivity index (χ1v) is 28.8. The van der Waals surface area contributed by atoms with Crippen LogP contribution in [-0.2, 0) is 98.4 Å². The molecule has 0 aliphatic carbocycles.